The minimum absolute atomic E-state index is 0.0787. The second kappa shape index (κ2) is 9.36. The molecule has 0 saturated carbocycles. The highest BCUT2D eigenvalue weighted by atomic mass is 35.5. The molecule has 1 N–H and O–H groups in total. The van der Waals surface area contributed by atoms with Gasteiger partial charge in [-0.1, -0.05) is 29.8 Å². The summed E-state index contributed by atoms with van der Waals surface area (Å²) in [5.74, 6) is 0. The van der Waals surface area contributed by atoms with E-state index in [1.807, 2.05) is 50.6 Å². The molecule has 1 saturated heterocycles. The van der Waals surface area contributed by atoms with Gasteiger partial charge in [0.05, 0.1) is 28.5 Å². The normalized spacial score (nSPS) is 17.5. The summed E-state index contributed by atoms with van der Waals surface area (Å²) in [7, 11) is 4.08. The number of anilines is 2. The van der Waals surface area contributed by atoms with Crippen LogP contribution in [0.1, 0.15) is 34.7 Å². The van der Waals surface area contributed by atoms with Crippen molar-refractivity contribution in [2.24, 2.45) is 0 Å². The van der Waals surface area contributed by atoms with Crippen molar-refractivity contribution in [2.45, 2.75) is 25.9 Å². The highest BCUT2D eigenvalue weighted by Crippen LogP contribution is 2.44. The van der Waals surface area contributed by atoms with E-state index in [0.29, 0.717) is 5.11 Å². The summed E-state index contributed by atoms with van der Waals surface area (Å²) in [6.45, 7) is 4.27. The number of hydrogen-bond donors (Lipinski definition) is 1. The van der Waals surface area contributed by atoms with E-state index in [1.54, 1.807) is 0 Å². The number of aromatic nitrogens is 2. The molecule has 4 aromatic rings. The molecule has 178 valence electrons. The minimum Gasteiger partial charge on any atom is -0.378 e. The number of pyridine rings is 1. The van der Waals surface area contributed by atoms with E-state index in [4.69, 9.17) is 23.8 Å². The fraction of sp³-hybridized carbons (Fsp3) is 0.214. The van der Waals surface area contributed by atoms with E-state index in [1.165, 1.54) is 5.56 Å². The van der Waals surface area contributed by atoms with Crippen LogP contribution in [0.4, 0.5) is 11.4 Å². The molecular formula is C28H28ClN5S. The maximum atomic E-state index is 6.61. The van der Waals surface area contributed by atoms with Gasteiger partial charge in [-0.2, -0.15) is 0 Å². The number of thiocarbonyl (C=S) groups is 1. The van der Waals surface area contributed by atoms with Crippen LogP contribution in [0.2, 0.25) is 5.02 Å². The first-order valence-electron chi connectivity index (χ1n) is 11.6. The maximum Gasteiger partial charge on any atom is 0.174 e. The van der Waals surface area contributed by atoms with Gasteiger partial charge in [-0.15, -0.1) is 0 Å². The molecule has 5 rings (SSSR count). The predicted octanol–water partition coefficient (Wildman–Crippen LogP) is 6.39. The van der Waals surface area contributed by atoms with Crippen LogP contribution in [-0.2, 0) is 0 Å². The largest absolute Gasteiger partial charge is 0.378 e. The summed E-state index contributed by atoms with van der Waals surface area (Å²) in [5, 5.41) is 4.97. The van der Waals surface area contributed by atoms with E-state index in [9.17, 15) is 0 Å². The zero-order chi connectivity index (χ0) is 24.7. The van der Waals surface area contributed by atoms with Crippen molar-refractivity contribution in [1.82, 2.24) is 14.9 Å². The molecule has 2 aromatic heterocycles. The molecule has 0 spiro atoms. The smallest absolute Gasteiger partial charge is 0.174 e. The summed E-state index contributed by atoms with van der Waals surface area (Å²) in [6.07, 6.45) is 1.83. The molecule has 0 aliphatic carbocycles. The highest BCUT2D eigenvalue weighted by Gasteiger charge is 2.42. The Labute approximate surface area is 217 Å². The average molecular weight is 502 g/mol. The lowest BCUT2D eigenvalue weighted by Gasteiger charge is -2.28. The van der Waals surface area contributed by atoms with E-state index in [0.717, 1.165) is 39.2 Å². The molecule has 35 heavy (non-hydrogen) atoms. The monoisotopic (exact) mass is 501 g/mol. The van der Waals surface area contributed by atoms with Gasteiger partial charge in [0.25, 0.3) is 0 Å². The van der Waals surface area contributed by atoms with Crippen molar-refractivity contribution in [2.75, 3.05) is 23.9 Å². The lowest BCUT2D eigenvalue weighted by atomic mass is 9.96. The Hall–Kier alpha value is -3.35. The van der Waals surface area contributed by atoms with Crippen LogP contribution in [-0.4, -0.2) is 28.8 Å². The zero-order valence-corrected chi connectivity index (χ0v) is 21.8. The summed E-state index contributed by atoms with van der Waals surface area (Å²) in [5.41, 5.74) is 7.53. The van der Waals surface area contributed by atoms with E-state index < -0.39 is 0 Å². The van der Waals surface area contributed by atoms with Crippen LogP contribution < -0.4 is 15.1 Å². The van der Waals surface area contributed by atoms with Gasteiger partial charge in [-0.25, -0.2) is 0 Å². The fourth-order valence-electron chi connectivity index (χ4n) is 4.95. The van der Waals surface area contributed by atoms with Crippen molar-refractivity contribution >= 4 is 40.3 Å². The molecule has 5 nitrogen and oxygen atoms in total. The summed E-state index contributed by atoms with van der Waals surface area (Å²) in [6, 6.07) is 24.5. The Morgan fingerprint density at radius 1 is 0.971 bits per heavy atom. The highest BCUT2D eigenvalue weighted by molar-refractivity contribution is 7.80. The zero-order valence-electron chi connectivity index (χ0n) is 20.2. The lowest BCUT2D eigenvalue weighted by molar-refractivity contribution is 0.565. The van der Waals surface area contributed by atoms with Crippen molar-refractivity contribution in [3.63, 3.8) is 0 Å². The second-order valence-electron chi connectivity index (χ2n) is 9.02. The molecule has 3 heterocycles. The summed E-state index contributed by atoms with van der Waals surface area (Å²) in [4.78, 5) is 8.99. The Bertz CT molecular complexity index is 1360. The second-order valence-corrected chi connectivity index (χ2v) is 9.81. The molecule has 0 bridgehead atoms. The van der Waals surface area contributed by atoms with Gasteiger partial charge >= 0.3 is 0 Å². The van der Waals surface area contributed by atoms with Crippen molar-refractivity contribution in [3.8, 4) is 5.69 Å². The Kier molecular flexibility index (Phi) is 6.26. The molecule has 1 aliphatic rings. The van der Waals surface area contributed by atoms with Crippen molar-refractivity contribution in [1.29, 1.82) is 0 Å². The van der Waals surface area contributed by atoms with Gasteiger partial charge in [0.2, 0.25) is 0 Å². The molecule has 0 radical (unpaired) electrons. The molecule has 2 aromatic carbocycles. The van der Waals surface area contributed by atoms with Crippen LogP contribution in [0.15, 0.2) is 79.0 Å². The lowest BCUT2D eigenvalue weighted by Crippen LogP contribution is -2.29. The average Bonchev–Trinajstić information content (AvgIpc) is 3.35. The number of hydrogen-bond acceptors (Lipinski definition) is 3. The number of nitrogens with one attached hydrogen (secondary N) is 1. The Morgan fingerprint density at radius 3 is 2.34 bits per heavy atom. The topological polar surface area (TPSA) is 36.3 Å². The van der Waals surface area contributed by atoms with E-state index >= 15 is 0 Å². The maximum absolute atomic E-state index is 6.61. The van der Waals surface area contributed by atoms with Gasteiger partial charge in [0, 0.05) is 43.1 Å². The van der Waals surface area contributed by atoms with Crippen LogP contribution in [0.3, 0.4) is 0 Å². The predicted molar refractivity (Wildman–Crippen MR) is 149 cm³/mol. The van der Waals surface area contributed by atoms with Gasteiger partial charge in [0.1, 0.15) is 0 Å². The van der Waals surface area contributed by atoms with Gasteiger partial charge < -0.3 is 19.7 Å². The number of rotatable bonds is 5. The molecule has 0 unspecified atom stereocenters. The van der Waals surface area contributed by atoms with E-state index in [2.05, 4.69) is 81.0 Å². The first kappa shape index (κ1) is 23.4. The molecular weight excluding hydrogens is 474 g/mol. The number of halogens is 1. The number of aryl methyl sites for hydroxylation is 1. The number of nitrogens with zero attached hydrogens (tertiary/aromatic N) is 4. The molecule has 7 heteroatoms. The van der Waals surface area contributed by atoms with Gasteiger partial charge in [-0.05, 0) is 86.2 Å². The molecule has 0 amide bonds. The quantitative estimate of drug-likeness (QED) is 0.321. The van der Waals surface area contributed by atoms with Gasteiger partial charge in [-0.3, -0.25) is 4.98 Å². The number of benzene rings is 2. The third kappa shape index (κ3) is 4.17. The first-order valence-corrected chi connectivity index (χ1v) is 12.4. The number of para-hydroxylation sites is 1. The van der Waals surface area contributed by atoms with Crippen LogP contribution in [0.25, 0.3) is 5.69 Å². The van der Waals surface area contributed by atoms with Crippen LogP contribution >= 0.6 is 23.8 Å². The Morgan fingerprint density at radius 2 is 1.69 bits per heavy atom. The summed E-state index contributed by atoms with van der Waals surface area (Å²) < 4.78 is 2.22. The van der Waals surface area contributed by atoms with Crippen LogP contribution in [0.5, 0.6) is 0 Å². The van der Waals surface area contributed by atoms with Crippen LogP contribution in [0, 0.1) is 13.8 Å². The molecule has 1 aliphatic heterocycles. The molecule has 1 fully saturated rings. The first-order chi connectivity index (χ1) is 16.9. The minimum atomic E-state index is -0.0996. The SMILES string of the molecule is Cc1cc([C@@H]2[C@H](c3ccccn3)NC(=S)N2c2ccc(N(C)C)cc2)c(C)n1-c1ccccc1Cl. The molecule has 2 atom stereocenters. The van der Waals surface area contributed by atoms with E-state index in [-0.39, 0.29) is 12.1 Å². The fourth-order valence-corrected chi connectivity index (χ4v) is 5.52. The van der Waals surface area contributed by atoms with Crippen molar-refractivity contribution in [3.05, 3.63) is 107 Å². The van der Waals surface area contributed by atoms with Crippen molar-refractivity contribution < 1.29 is 0 Å². The summed E-state index contributed by atoms with van der Waals surface area (Å²) >= 11 is 12.5. The van der Waals surface area contributed by atoms with Gasteiger partial charge in [0.15, 0.2) is 5.11 Å². The third-order valence-electron chi connectivity index (χ3n) is 6.62. The third-order valence-corrected chi connectivity index (χ3v) is 7.26. The standard InChI is InChI=1S/C28H28ClN5S/c1-18-17-22(19(2)33(18)25-11-6-5-9-23(25)29)27-26(24-10-7-8-16-30-24)31-28(35)34(27)21-14-12-20(13-15-21)32(3)4/h5-17,26-27H,1-4H3,(H,31,35)/t26-,27+/m0/s1. The Balaban J connectivity index is 1.67.